The summed E-state index contributed by atoms with van der Waals surface area (Å²) in [5.41, 5.74) is 1.18. The molecule has 0 radical (unpaired) electrons. The molecule has 0 aromatic heterocycles. The van der Waals surface area contributed by atoms with Gasteiger partial charge in [0.15, 0.2) is 6.04 Å². The molecule has 0 aliphatic rings. The van der Waals surface area contributed by atoms with Crippen LogP contribution in [-0.4, -0.2) is 37.8 Å². The van der Waals surface area contributed by atoms with Crippen LogP contribution in [-0.2, 0) is 19.6 Å². The van der Waals surface area contributed by atoms with Crippen LogP contribution in [0.25, 0.3) is 0 Å². The summed E-state index contributed by atoms with van der Waals surface area (Å²) in [6.45, 7) is 8.41. The van der Waals surface area contributed by atoms with Gasteiger partial charge in [-0.25, -0.2) is 26.7 Å². The van der Waals surface area contributed by atoms with Gasteiger partial charge >= 0.3 is 5.97 Å². The SMILES string of the molecule is Cc1ccc(S(=O)(=O)N[C@H](C)[C@H](N=C(c2ccc(F)cc2)c2ccc(F)cc2)C(=O)OC(C)(C)C)cc1. The molecule has 0 bridgehead atoms. The smallest absolute Gasteiger partial charge is 0.333 e. The average molecular weight is 529 g/mol. The molecule has 0 unspecified atom stereocenters. The minimum Gasteiger partial charge on any atom is -0.458 e. The molecule has 0 fully saturated rings. The van der Waals surface area contributed by atoms with Crippen LogP contribution in [0.2, 0.25) is 0 Å². The lowest BCUT2D eigenvalue weighted by Gasteiger charge is -2.26. The summed E-state index contributed by atoms with van der Waals surface area (Å²) in [6.07, 6.45) is 0. The van der Waals surface area contributed by atoms with E-state index in [0.717, 1.165) is 5.56 Å². The molecule has 0 aliphatic carbocycles. The number of hydrogen-bond acceptors (Lipinski definition) is 5. The average Bonchev–Trinajstić information content (AvgIpc) is 2.80. The van der Waals surface area contributed by atoms with E-state index in [1.165, 1.54) is 67.6 Å². The number of rotatable bonds is 8. The third-order valence-electron chi connectivity index (χ3n) is 5.30. The molecule has 196 valence electrons. The Bertz CT molecular complexity index is 1320. The second-order valence-electron chi connectivity index (χ2n) is 9.69. The zero-order valence-electron chi connectivity index (χ0n) is 21.3. The van der Waals surface area contributed by atoms with Crippen LogP contribution in [0.3, 0.4) is 0 Å². The molecule has 2 atom stereocenters. The molecule has 6 nitrogen and oxygen atoms in total. The molecule has 37 heavy (non-hydrogen) atoms. The largest absolute Gasteiger partial charge is 0.458 e. The number of hydrogen-bond donors (Lipinski definition) is 1. The van der Waals surface area contributed by atoms with E-state index in [0.29, 0.717) is 11.1 Å². The number of aliphatic imine (C=N–C) groups is 1. The van der Waals surface area contributed by atoms with E-state index in [2.05, 4.69) is 9.71 Å². The first-order chi connectivity index (χ1) is 17.2. The Balaban J connectivity index is 2.10. The number of aryl methyl sites for hydroxylation is 1. The Morgan fingerprint density at radius 3 is 1.76 bits per heavy atom. The molecule has 3 aromatic rings. The van der Waals surface area contributed by atoms with Crippen molar-refractivity contribution in [3.63, 3.8) is 0 Å². The summed E-state index contributed by atoms with van der Waals surface area (Å²) in [4.78, 5) is 17.9. The maximum absolute atomic E-state index is 13.6. The van der Waals surface area contributed by atoms with E-state index in [1.807, 2.05) is 6.92 Å². The third kappa shape index (κ3) is 7.77. The van der Waals surface area contributed by atoms with E-state index in [-0.39, 0.29) is 10.6 Å². The Labute approximate surface area is 216 Å². The van der Waals surface area contributed by atoms with E-state index in [1.54, 1.807) is 32.9 Å². The van der Waals surface area contributed by atoms with E-state index < -0.39 is 45.3 Å². The second kappa shape index (κ2) is 11.3. The summed E-state index contributed by atoms with van der Waals surface area (Å²) in [5.74, 6) is -1.69. The zero-order valence-corrected chi connectivity index (χ0v) is 22.1. The Morgan fingerprint density at radius 2 is 1.32 bits per heavy atom. The van der Waals surface area contributed by atoms with Gasteiger partial charge in [0.1, 0.15) is 17.2 Å². The van der Waals surface area contributed by atoms with Gasteiger partial charge in [0.05, 0.1) is 16.6 Å². The standard InChI is InChI=1S/C28H30F2N2O4S/c1-18-6-16-24(17-7-18)37(34,35)32-19(2)25(27(33)36-28(3,4)5)31-26(20-8-12-22(29)13-9-20)21-10-14-23(30)15-11-21/h6-17,19,25,32H,1-5H3/t19-,25+/m1/s1. The van der Waals surface area contributed by atoms with Gasteiger partial charge in [-0.15, -0.1) is 0 Å². The molecule has 3 rings (SSSR count). The van der Waals surface area contributed by atoms with Gasteiger partial charge in [0.25, 0.3) is 0 Å². The normalized spacial score (nSPS) is 13.5. The Morgan fingerprint density at radius 1 is 0.865 bits per heavy atom. The summed E-state index contributed by atoms with van der Waals surface area (Å²) in [7, 11) is -4.00. The molecule has 0 saturated heterocycles. The highest BCUT2D eigenvalue weighted by atomic mass is 32.2. The number of sulfonamides is 1. The summed E-state index contributed by atoms with van der Waals surface area (Å²) >= 11 is 0. The summed E-state index contributed by atoms with van der Waals surface area (Å²) < 4.78 is 61.5. The number of ether oxygens (including phenoxy) is 1. The minimum atomic E-state index is -4.00. The molecule has 0 aliphatic heterocycles. The third-order valence-corrected chi connectivity index (χ3v) is 6.87. The second-order valence-corrected chi connectivity index (χ2v) is 11.4. The van der Waals surface area contributed by atoms with E-state index >= 15 is 0 Å². The van der Waals surface area contributed by atoms with Crippen LogP contribution in [0.4, 0.5) is 8.78 Å². The molecule has 0 spiro atoms. The fraction of sp³-hybridized carbons (Fsp3) is 0.286. The predicted octanol–water partition coefficient (Wildman–Crippen LogP) is 5.19. The molecular formula is C28H30F2N2O4S. The van der Waals surface area contributed by atoms with Crippen molar-refractivity contribution >= 4 is 21.7 Å². The highest BCUT2D eigenvalue weighted by Gasteiger charge is 2.33. The first-order valence-electron chi connectivity index (χ1n) is 11.7. The lowest BCUT2D eigenvalue weighted by molar-refractivity contribution is -0.156. The fourth-order valence-corrected chi connectivity index (χ4v) is 4.74. The molecule has 1 N–H and O–H groups in total. The molecular weight excluding hydrogens is 498 g/mol. The lowest BCUT2D eigenvalue weighted by atomic mass is 10.0. The van der Waals surface area contributed by atoms with Crippen molar-refractivity contribution in [2.75, 3.05) is 0 Å². The Kier molecular flexibility index (Phi) is 8.60. The monoisotopic (exact) mass is 528 g/mol. The van der Waals surface area contributed by atoms with E-state index in [9.17, 15) is 22.0 Å². The van der Waals surface area contributed by atoms with Gasteiger partial charge < -0.3 is 4.74 Å². The van der Waals surface area contributed by atoms with Gasteiger partial charge in [0, 0.05) is 11.1 Å². The number of carbonyl (C=O) groups excluding carboxylic acids is 1. The highest BCUT2D eigenvalue weighted by Crippen LogP contribution is 2.19. The van der Waals surface area contributed by atoms with Gasteiger partial charge in [0.2, 0.25) is 10.0 Å². The number of nitrogens with zero attached hydrogens (tertiary/aromatic N) is 1. The van der Waals surface area contributed by atoms with Crippen molar-refractivity contribution in [1.29, 1.82) is 0 Å². The first-order valence-corrected chi connectivity index (χ1v) is 13.1. The van der Waals surface area contributed by atoms with Crippen molar-refractivity contribution in [3.05, 3.63) is 101 Å². The maximum atomic E-state index is 13.6. The number of benzene rings is 3. The van der Waals surface area contributed by atoms with Crippen LogP contribution in [0.5, 0.6) is 0 Å². The molecule has 3 aromatic carbocycles. The van der Waals surface area contributed by atoms with Crippen molar-refractivity contribution in [1.82, 2.24) is 4.72 Å². The van der Waals surface area contributed by atoms with Gasteiger partial charge in [-0.1, -0.05) is 17.7 Å². The van der Waals surface area contributed by atoms with Crippen LogP contribution < -0.4 is 4.72 Å². The fourth-order valence-electron chi connectivity index (χ4n) is 3.50. The summed E-state index contributed by atoms with van der Waals surface area (Å²) in [6, 6.07) is 14.8. The van der Waals surface area contributed by atoms with Gasteiger partial charge in [-0.05, 0) is 95.3 Å². The number of nitrogens with one attached hydrogen (secondary N) is 1. The van der Waals surface area contributed by atoms with Crippen LogP contribution >= 0.6 is 0 Å². The van der Waals surface area contributed by atoms with E-state index in [4.69, 9.17) is 4.74 Å². The number of carbonyl (C=O) groups is 1. The molecule has 0 saturated carbocycles. The molecule has 0 heterocycles. The predicted molar refractivity (Wildman–Crippen MR) is 139 cm³/mol. The van der Waals surface area contributed by atoms with Gasteiger partial charge in [-0.3, -0.25) is 4.99 Å². The lowest BCUT2D eigenvalue weighted by Crippen LogP contribution is -2.46. The topological polar surface area (TPSA) is 84.8 Å². The van der Waals surface area contributed by atoms with Crippen LogP contribution in [0.1, 0.15) is 44.4 Å². The van der Waals surface area contributed by atoms with Gasteiger partial charge in [-0.2, -0.15) is 0 Å². The van der Waals surface area contributed by atoms with Crippen LogP contribution in [0, 0.1) is 18.6 Å². The molecule has 0 amide bonds. The van der Waals surface area contributed by atoms with Crippen LogP contribution in [0.15, 0.2) is 82.7 Å². The number of esters is 1. The first kappa shape index (κ1) is 28.1. The van der Waals surface area contributed by atoms with Crippen molar-refractivity contribution < 1.29 is 26.7 Å². The van der Waals surface area contributed by atoms with Crippen molar-refractivity contribution in [3.8, 4) is 0 Å². The van der Waals surface area contributed by atoms with Crippen molar-refractivity contribution in [2.45, 2.75) is 57.2 Å². The highest BCUT2D eigenvalue weighted by molar-refractivity contribution is 7.89. The zero-order chi connectivity index (χ0) is 27.4. The quantitative estimate of drug-likeness (QED) is 0.322. The summed E-state index contributed by atoms with van der Waals surface area (Å²) in [5, 5.41) is 0. The maximum Gasteiger partial charge on any atom is 0.333 e. The minimum absolute atomic E-state index is 0.0363. The van der Waals surface area contributed by atoms with Crippen molar-refractivity contribution in [2.24, 2.45) is 4.99 Å². The molecule has 9 heteroatoms. The Hall–Kier alpha value is -3.43. The number of halogens is 2.